The normalized spacial score (nSPS) is 19.6. The first-order valence-electron chi connectivity index (χ1n) is 3.64. The maximum absolute atomic E-state index is 10.4. The average Bonchev–Trinajstić information content (AvgIpc) is 2.23. The fraction of sp³-hybridized carbons (Fsp3) is 0.833. The Kier molecular flexibility index (Phi) is 5.53. The number of hydrogen-bond donors (Lipinski definition) is 6. The van der Waals surface area contributed by atoms with Crippen molar-refractivity contribution in [3.63, 3.8) is 0 Å². The molecule has 0 aromatic carbocycles. The van der Waals surface area contributed by atoms with Gasteiger partial charge in [-0.05, 0) is 0 Å². The van der Waals surface area contributed by atoms with Crippen LogP contribution >= 0.6 is 0 Å². The number of aliphatic hydroxyl groups excluding tert-OH is 5. The molecule has 0 aromatic rings. The van der Waals surface area contributed by atoms with Gasteiger partial charge in [-0.3, -0.25) is 4.89 Å². The molecule has 0 aliphatic heterocycles. The molecule has 0 saturated carbocycles. The second-order valence-corrected chi connectivity index (χ2v) is 2.59. The minimum Gasteiger partial charge on any atom is -0.394 e. The van der Waals surface area contributed by atoms with Crippen molar-refractivity contribution in [1.29, 1.82) is 0 Å². The zero-order chi connectivity index (χ0) is 11.3. The predicted octanol–water partition coefficient (Wildman–Crippen LogP) is -3.56. The molecule has 0 fully saturated rings. The van der Waals surface area contributed by atoms with E-state index in [9.17, 15) is 4.79 Å². The molecule has 4 atom stereocenters. The summed E-state index contributed by atoms with van der Waals surface area (Å²) in [6.45, 7) is -0.862. The van der Waals surface area contributed by atoms with Gasteiger partial charge in [-0.2, -0.15) is 5.26 Å². The number of carbonyl (C=O) groups excluding carboxylic acids is 1. The summed E-state index contributed by atoms with van der Waals surface area (Å²) in [6, 6.07) is 0. The van der Waals surface area contributed by atoms with E-state index >= 15 is 0 Å². The van der Waals surface area contributed by atoms with Crippen molar-refractivity contribution in [2.24, 2.45) is 0 Å². The average molecular weight is 212 g/mol. The van der Waals surface area contributed by atoms with Gasteiger partial charge in [-0.25, -0.2) is 4.79 Å². The predicted molar refractivity (Wildman–Crippen MR) is 39.8 cm³/mol. The highest BCUT2D eigenvalue weighted by Crippen LogP contribution is 2.05. The monoisotopic (exact) mass is 212 g/mol. The van der Waals surface area contributed by atoms with E-state index in [-0.39, 0.29) is 0 Å². The van der Waals surface area contributed by atoms with Gasteiger partial charge in [0.15, 0.2) is 6.10 Å². The molecule has 0 aliphatic rings. The fourth-order valence-corrected chi connectivity index (χ4v) is 0.716. The first-order chi connectivity index (χ1) is 6.45. The molecule has 8 nitrogen and oxygen atoms in total. The molecule has 0 radical (unpaired) electrons. The smallest absolute Gasteiger partial charge is 0.373 e. The Balaban J connectivity index is 4.30. The van der Waals surface area contributed by atoms with Crippen molar-refractivity contribution in [2.75, 3.05) is 6.61 Å². The van der Waals surface area contributed by atoms with Crippen molar-refractivity contribution in [1.82, 2.24) is 0 Å². The molecule has 14 heavy (non-hydrogen) atoms. The quantitative estimate of drug-likeness (QED) is 0.202. The molecule has 0 spiro atoms. The molecule has 0 bridgehead atoms. The molecular weight excluding hydrogens is 200 g/mol. The maximum atomic E-state index is 10.4. The van der Waals surface area contributed by atoms with Crippen LogP contribution in [0.4, 0.5) is 0 Å². The fourth-order valence-electron chi connectivity index (χ4n) is 0.716. The van der Waals surface area contributed by atoms with Crippen molar-refractivity contribution in [3.8, 4) is 0 Å². The SMILES string of the molecule is O=C(OO)[C@H](O)[C@H](O)[C@H](O)[C@@H](O)CO. The van der Waals surface area contributed by atoms with Gasteiger partial charge in [-0.15, -0.1) is 0 Å². The van der Waals surface area contributed by atoms with Gasteiger partial charge in [0.2, 0.25) is 0 Å². The number of carbonyl (C=O) groups is 1. The topological polar surface area (TPSA) is 148 Å². The van der Waals surface area contributed by atoms with Crippen LogP contribution in [-0.4, -0.2) is 67.8 Å². The van der Waals surface area contributed by atoms with Crippen molar-refractivity contribution >= 4 is 5.97 Å². The van der Waals surface area contributed by atoms with E-state index in [2.05, 4.69) is 4.89 Å². The van der Waals surface area contributed by atoms with Crippen molar-refractivity contribution in [3.05, 3.63) is 0 Å². The van der Waals surface area contributed by atoms with Crippen molar-refractivity contribution in [2.45, 2.75) is 24.4 Å². The van der Waals surface area contributed by atoms with Crippen LogP contribution < -0.4 is 0 Å². The maximum Gasteiger partial charge on any atom is 0.373 e. The van der Waals surface area contributed by atoms with Gasteiger partial charge in [0.05, 0.1) is 6.61 Å². The van der Waals surface area contributed by atoms with Crippen molar-refractivity contribution < 1.29 is 40.5 Å². The molecule has 8 heteroatoms. The molecular formula is C6H12O8. The molecule has 0 saturated heterocycles. The minimum atomic E-state index is -2.21. The third-order valence-electron chi connectivity index (χ3n) is 1.59. The van der Waals surface area contributed by atoms with E-state index in [1.165, 1.54) is 0 Å². The van der Waals surface area contributed by atoms with E-state index in [4.69, 9.17) is 30.8 Å². The summed E-state index contributed by atoms with van der Waals surface area (Å²) in [7, 11) is 0. The Labute approximate surface area is 78.5 Å². The van der Waals surface area contributed by atoms with Crippen LogP contribution in [0.2, 0.25) is 0 Å². The summed E-state index contributed by atoms with van der Waals surface area (Å²) in [5.74, 6) is -1.58. The molecule has 84 valence electrons. The Hall–Kier alpha value is -0.770. The first-order valence-corrected chi connectivity index (χ1v) is 3.64. The molecule has 0 aromatic heterocycles. The van der Waals surface area contributed by atoms with E-state index in [1.54, 1.807) is 0 Å². The van der Waals surface area contributed by atoms with E-state index in [0.717, 1.165) is 0 Å². The summed E-state index contributed by atoms with van der Waals surface area (Å²) >= 11 is 0. The van der Waals surface area contributed by atoms with Crippen LogP contribution in [0.1, 0.15) is 0 Å². The van der Waals surface area contributed by atoms with Crippen LogP contribution in [0, 0.1) is 0 Å². The van der Waals surface area contributed by atoms with Gasteiger partial charge >= 0.3 is 5.97 Å². The van der Waals surface area contributed by atoms with Crippen LogP contribution in [0.25, 0.3) is 0 Å². The third-order valence-corrected chi connectivity index (χ3v) is 1.59. The molecule has 0 unspecified atom stereocenters. The van der Waals surface area contributed by atoms with E-state index in [1.807, 2.05) is 0 Å². The lowest BCUT2D eigenvalue weighted by Gasteiger charge is -2.23. The number of aliphatic hydroxyl groups is 5. The second kappa shape index (κ2) is 5.86. The van der Waals surface area contributed by atoms with E-state index < -0.39 is 37.0 Å². The van der Waals surface area contributed by atoms with E-state index in [0.29, 0.717) is 0 Å². The lowest BCUT2D eigenvalue weighted by atomic mass is 10.0. The van der Waals surface area contributed by atoms with Crippen LogP contribution in [0.5, 0.6) is 0 Å². The molecule has 0 amide bonds. The number of rotatable bonds is 5. The zero-order valence-corrected chi connectivity index (χ0v) is 7.02. The Bertz CT molecular complexity index is 183. The van der Waals surface area contributed by atoms with Gasteiger partial charge in [-0.1, -0.05) is 0 Å². The second-order valence-electron chi connectivity index (χ2n) is 2.59. The van der Waals surface area contributed by atoms with Crippen LogP contribution in [0.15, 0.2) is 0 Å². The Morgan fingerprint density at radius 2 is 1.64 bits per heavy atom. The summed E-state index contributed by atoms with van der Waals surface area (Å²) in [4.78, 5) is 13.5. The lowest BCUT2D eigenvalue weighted by molar-refractivity contribution is -0.249. The summed E-state index contributed by atoms with van der Waals surface area (Å²) < 4.78 is 0. The highest BCUT2D eigenvalue weighted by molar-refractivity contribution is 5.74. The minimum absolute atomic E-state index is 0.862. The zero-order valence-electron chi connectivity index (χ0n) is 7.02. The summed E-state index contributed by atoms with van der Waals surface area (Å²) in [5.41, 5.74) is 0. The molecule has 0 aliphatic carbocycles. The Morgan fingerprint density at radius 1 is 1.14 bits per heavy atom. The largest absolute Gasteiger partial charge is 0.394 e. The van der Waals surface area contributed by atoms with Crippen LogP contribution in [-0.2, 0) is 9.68 Å². The third kappa shape index (κ3) is 3.18. The van der Waals surface area contributed by atoms with Gasteiger partial charge < -0.3 is 25.5 Å². The molecule has 6 N–H and O–H groups in total. The number of hydrogen-bond acceptors (Lipinski definition) is 8. The highest BCUT2D eigenvalue weighted by atomic mass is 17.1. The van der Waals surface area contributed by atoms with Gasteiger partial charge in [0.25, 0.3) is 0 Å². The Morgan fingerprint density at radius 3 is 2.00 bits per heavy atom. The van der Waals surface area contributed by atoms with Gasteiger partial charge in [0.1, 0.15) is 18.3 Å². The highest BCUT2D eigenvalue weighted by Gasteiger charge is 2.35. The molecule has 0 heterocycles. The lowest BCUT2D eigenvalue weighted by Crippen LogP contribution is -2.48. The molecule has 0 rings (SSSR count). The summed E-state index contributed by atoms with van der Waals surface area (Å²) in [5, 5.41) is 51.9. The first kappa shape index (κ1) is 13.2. The standard InChI is InChI=1S/C6H12O8/c7-1-2(8)3(9)4(10)5(11)6(12)14-13/h2-5,7-11,13H,1H2/t2-,3+,4+,5+/m0/s1. The summed E-state index contributed by atoms with van der Waals surface area (Å²) in [6.07, 6.45) is -7.94. The van der Waals surface area contributed by atoms with Gasteiger partial charge in [0, 0.05) is 0 Å². The van der Waals surface area contributed by atoms with Crippen LogP contribution in [0.3, 0.4) is 0 Å².